The molecule has 21 heavy (non-hydrogen) atoms. The predicted molar refractivity (Wildman–Crippen MR) is 77.8 cm³/mol. The molecule has 0 saturated carbocycles. The molecule has 0 amide bonds. The molecule has 1 aliphatic carbocycles. The molecule has 2 rings (SSSR count). The summed E-state index contributed by atoms with van der Waals surface area (Å²) < 4.78 is 5.40. The molecule has 0 heterocycles. The van der Waals surface area contributed by atoms with Crippen LogP contribution in [0.2, 0.25) is 0 Å². The molecule has 1 atom stereocenters. The third kappa shape index (κ3) is 3.27. The van der Waals surface area contributed by atoms with E-state index < -0.39 is 17.5 Å². The quantitative estimate of drug-likeness (QED) is 0.784. The van der Waals surface area contributed by atoms with Gasteiger partial charge in [-0.05, 0) is 30.7 Å². The summed E-state index contributed by atoms with van der Waals surface area (Å²) in [4.78, 5) is 36.3. The Bertz CT molecular complexity index is 611. The second-order valence-electron chi connectivity index (χ2n) is 5.97. The van der Waals surface area contributed by atoms with Crippen LogP contribution in [0.4, 0.5) is 0 Å². The minimum Gasteiger partial charge on any atom is -0.450 e. The number of ether oxygens (including phenoxy) is 1. The Hall–Kier alpha value is -2.23. The molecule has 0 aliphatic heterocycles. The van der Waals surface area contributed by atoms with E-state index in [0.29, 0.717) is 11.1 Å². The van der Waals surface area contributed by atoms with Crippen LogP contribution < -0.4 is 0 Å². The molecule has 110 valence electrons. The average molecular weight is 286 g/mol. The molecule has 0 fully saturated rings. The standard InChI is InChI=1S/C17H18O4/c1-11-9-13(18)15(17(2,3)10-14(11)19)21-16(20)12-7-5-4-6-8-12/h4-9,15H,10H2,1-3H3. The number of allylic oxidation sites excluding steroid dienone is 1. The van der Waals surface area contributed by atoms with Crippen molar-refractivity contribution in [3.05, 3.63) is 47.5 Å². The van der Waals surface area contributed by atoms with Gasteiger partial charge in [0.2, 0.25) is 0 Å². The van der Waals surface area contributed by atoms with Crippen LogP contribution in [-0.2, 0) is 14.3 Å². The average Bonchev–Trinajstić information content (AvgIpc) is 2.50. The summed E-state index contributed by atoms with van der Waals surface area (Å²) in [5.41, 5.74) is 0.0658. The zero-order chi connectivity index (χ0) is 15.6. The monoisotopic (exact) mass is 286 g/mol. The molecule has 0 saturated heterocycles. The van der Waals surface area contributed by atoms with Gasteiger partial charge < -0.3 is 4.74 Å². The third-order valence-corrected chi connectivity index (χ3v) is 3.62. The lowest BCUT2D eigenvalue weighted by Gasteiger charge is -2.30. The van der Waals surface area contributed by atoms with E-state index in [2.05, 4.69) is 0 Å². The van der Waals surface area contributed by atoms with Gasteiger partial charge >= 0.3 is 5.97 Å². The zero-order valence-electron chi connectivity index (χ0n) is 12.4. The van der Waals surface area contributed by atoms with Crippen molar-refractivity contribution in [3.8, 4) is 0 Å². The van der Waals surface area contributed by atoms with E-state index in [9.17, 15) is 14.4 Å². The molecular weight excluding hydrogens is 268 g/mol. The lowest BCUT2D eigenvalue weighted by Crippen LogP contribution is -2.39. The molecule has 1 aromatic rings. The summed E-state index contributed by atoms with van der Waals surface area (Å²) >= 11 is 0. The highest BCUT2D eigenvalue weighted by Crippen LogP contribution is 2.33. The number of hydrogen-bond donors (Lipinski definition) is 0. The van der Waals surface area contributed by atoms with Gasteiger partial charge in [0.25, 0.3) is 0 Å². The van der Waals surface area contributed by atoms with Gasteiger partial charge in [-0.15, -0.1) is 0 Å². The number of benzene rings is 1. The van der Waals surface area contributed by atoms with E-state index in [-0.39, 0.29) is 18.0 Å². The molecule has 0 N–H and O–H groups in total. The fraction of sp³-hybridized carbons (Fsp3) is 0.353. The second kappa shape index (κ2) is 5.64. The largest absolute Gasteiger partial charge is 0.450 e. The number of carbonyl (C=O) groups is 3. The number of ketones is 2. The molecule has 4 nitrogen and oxygen atoms in total. The van der Waals surface area contributed by atoms with Gasteiger partial charge in [0.15, 0.2) is 17.7 Å². The highest BCUT2D eigenvalue weighted by Gasteiger charge is 2.41. The van der Waals surface area contributed by atoms with Gasteiger partial charge in [0.05, 0.1) is 5.56 Å². The molecule has 4 heteroatoms. The summed E-state index contributed by atoms with van der Waals surface area (Å²) in [6.07, 6.45) is 0.500. The first-order valence-corrected chi connectivity index (χ1v) is 6.82. The first-order valence-electron chi connectivity index (χ1n) is 6.82. The summed E-state index contributed by atoms with van der Waals surface area (Å²) in [5, 5.41) is 0. The Morgan fingerprint density at radius 2 is 1.81 bits per heavy atom. The van der Waals surface area contributed by atoms with Crippen LogP contribution in [0.1, 0.15) is 37.6 Å². The van der Waals surface area contributed by atoms with Crippen LogP contribution in [0.15, 0.2) is 42.0 Å². The van der Waals surface area contributed by atoms with Gasteiger partial charge in [0, 0.05) is 11.8 Å². The number of Topliss-reactive ketones (excluding diaryl/α,β-unsaturated/α-hetero) is 1. The highest BCUT2D eigenvalue weighted by atomic mass is 16.5. The maximum atomic E-state index is 12.2. The minimum absolute atomic E-state index is 0.0911. The first-order chi connectivity index (χ1) is 9.81. The molecular formula is C17H18O4. The molecule has 0 aromatic heterocycles. The van der Waals surface area contributed by atoms with Crippen LogP contribution in [0, 0.1) is 5.41 Å². The van der Waals surface area contributed by atoms with Crippen molar-refractivity contribution in [2.24, 2.45) is 5.41 Å². The molecule has 1 aromatic carbocycles. The summed E-state index contributed by atoms with van der Waals surface area (Å²) in [6.45, 7) is 5.13. The van der Waals surface area contributed by atoms with Crippen LogP contribution in [0.25, 0.3) is 0 Å². The fourth-order valence-corrected chi connectivity index (χ4v) is 2.37. The second-order valence-corrected chi connectivity index (χ2v) is 5.97. The van der Waals surface area contributed by atoms with Crippen LogP contribution >= 0.6 is 0 Å². The van der Waals surface area contributed by atoms with Gasteiger partial charge in [-0.2, -0.15) is 0 Å². The lowest BCUT2D eigenvalue weighted by molar-refractivity contribution is -0.130. The van der Waals surface area contributed by atoms with Gasteiger partial charge in [-0.3, -0.25) is 9.59 Å². The Balaban J connectivity index is 2.27. The predicted octanol–water partition coefficient (Wildman–Crippen LogP) is 2.73. The van der Waals surface area contributed by atoms with E-state index >= 15 is 0 Å². The minimum atomic E-state index is -0.952. The van der Waals surface area contributed by atoms with Crippen molar-refractivity contribution in [2.75, 3.05) is 0 Å². The Morgan fingerprint density at radius 3 is 2.43 bits per heavy atom. The number of esters is 1. The van der Waals surface area contributed by atoms with Crippen molar-refractivity contribution >= 4 is 17.5 Å². The SMILES string of the molecule is CC1=CC(=O)C(OC(=O)c2ccccc2)C(C)(C)CC1=O. The zero-order valence-corrected chi connectivity index (χ0v) is 12.4. The van der Waals surface area contributed by atoms with E-state index in [1.807, 2.05) is 0 Å². The summed E-state index contributed by atoms with van der Waals surface area (Å²) in [7, 11) is 0. The topological polar surface area (TPSA) is 60.4 Å². The fourth-order valence-electron chi connectivity index (χ4n) is 2.37. The number of hydrogen-bond acceptors (Lipinski definition) is 4. The molecule has 1 aliphatic rings. The third-order valence-electron chi connectivity index (χ3n) is 3.62. The van der Waals surface area contributed by atoms with Crippen molar-refractivity contribution in [1.29, 1.82) is 0 Å². The lowest BCUT2D eigenvalue weighted by atomic mass is 9.81. The number of carbonyl (C=O) groups excluding carboxylic acids is 3. The van der Waals surface area contributed by atoms with Crippen LogP contribution in [-0.4, -0.2) is 23.6 Å². The summed E-state index contributed by atoms with van der Waals surface area (Å²) in [6, 6.07) is 8.50. The van der Waals surface area contributed by atoms with Crippen molar-refractivity contribution in [2.45, 2.75) is 33.3 Å². The molecule has 0 bridgehead atoms. The highest BCUT2D eigenvalue weighted by molar-refractivity contribution is 6.07. The Morgan fingerprint density at radius 1 is 1.19 bits per heavy atom. The van der Waals surface area contributed by atoms with Gasteiger partial charge in [-0.25, -0.2) is 4.79 Å². The van der Waals surface area contributed by atoms with E-state index in [1.54, 1.807) is 51.1 Å². The summed E-state index contributed by atoms with van der Waals surface area (Å²) in [5.74, 6) is -0.985. The van der Waals surface area contributed by atoms with Gasteiger partial charge in [0.1, 0.15) is 0 Å². The van der Waals surface area contributed by atoms with E-state index in [0.717, 1.165) is 0 Å². The van der Waals surface area contributed by atoms with Crippen molar-refractivity contribution in [1.82, 2.24) is 0 Å². The number of rotatable bonds is 2. The van der Waals surface area contributed by atoms with E-state index in [4.69, 9.17) is 4.74 Å². The smallest absolute Gasteiger partial charge is 0.338 e. The van der Waals surface area contributed by atoms with Crippen LogP contribution in [0.3, 0.4) is 0 Å². The molecule has 1 unspecified atom stereocenters. The Labute approximate surface area is 123 Å². The van der Waals surface area contributed by atoms with Crippen molar-refractivity contribution in [3.63, 3.8) is 0 Å². The molecule has 0 spiro atoms. The van der Waals surface area contributed by atoms with E-state index in [1.165, 1.54) is 6.08 Å². The van der Waals surface area contributed by atoms with Crippen molar-refractivity contribution < 1.29 is 19.1 Å². The maximum Gasteiger partial charge on any atom is 0.338 e. The normalized spacial score (nSPS) is 21.5. The van der Waals surface area contributed by atoms with Crippen LogP contribution in [0.5, 0.6) is 0 Å². The Kier molecular flexibility index (Phi) is 4.07. The molecule has 0 radical (unpaired) electrons. The van der Waals surface area contributed by atoms with Gasteiger partial charge in [-0.1, -0.05) is 32.0 Å². The first kappa shape index (κ1) is 15.2. The maximum absolute atomic E-state index is 12.2.